The monoisotopic (exact) mass is 645 g/mol. The molecule has 3 rings (SSSR count). The number of hydrogen-bond acceptors (Lipinski definition) is 8. The summed E-state index contributed by atoms with van der Waals surface area (Å²) in [5.41, 5.74) is -1.32. The average Bonchev–Trinajstić information content (AvgIpc) is 3.23. The van der Waals surface area contributed by atoms with Crippen molar-refractivity contribution >= 4 is 34.9 Å². The zero-order valence-electron chi connectivity index (χ0n) is 23.3. The third-order valence-corrected chi connectivity index (χ3v) is 7.21. The van der Waals surface area contributed by atoms with E-state index in [-0.39, 0.29) is 40.9 Å². The number of nitrogens with one attached hydrogen (secondary N) is 2. The van der Waals surface area contributed by atoms with Gasteiger partial charge in [-0.05, 0) is 44.4 Å². The van der Waals surface area contributed by atoms with Crippen LogP contribution in [0, 0.1) is 11.8 Å². The van der Waals surface area contributed by atoms with Crippen LogP contribution in [0.1, 0.15) is 63.9 Å². The van der Waals surface area contributed by atoms with Gasteiger partial charge in [0.15, 0.2) is 5.69 Å². The highest BCUT2D eigenvalue weighted by molar-refractivity contribution is 7.51. The topological polar surface area (TPSA) is 135 Å². The quantitative estimate of drug-likeness (QED) is 0.300. The van der Waals surface area contributed by atoms with Crippen LogP contribution in [0.2, 0.25) is 5.02 Å². The number of hydrogen-bond donors (Lipinski definition) is 3. The van der Waals surface area contributed by atoms with E-state index in [1.54, 1.807) is 6.92 Å². The van der Waals surface area contributed by atoms with Gasteiger partial charge >= 0.3 is 24.4 Å². The summed E-state index contributed by atoms with van der Waals surface area (Å²) < 4.78 is 89.4. The van der Waals surface area contributed by atoms with Crippen LogP contribution in [0.4, 0.5) is 27.8 Å². The lowest BCUT2D eigenvalue weighted by molar-refractivity contribution is -0.150. The lowest BCUT2D eigenvalue weighted by Crippen LogP contribution is -2.45. The smallest absolute Gasteiger partial charge is 0.408 e. The number of amides is 1. The molecule has 236 valence electrons. The van der Waals surface area contributed by atoms with Crippen LogP contribution in [-0.4, -0.2) is 65.2 Å². The van der Waals surface area contributed by atoms with Gasteiger partial charge in [-0.1, -0.05) is 32.4 Å². The minimum absolute atomic E-state index is 0.0128. The summed E-state index contributed by atoms with van der Waals surface area (Å²) in [5, 5.41) is 19.7. The molecule has 42 heavy (non-hydrogen) atoms. The van der Waals surface area contributed by atoms with Gasteiger partial charge in [0, 0.05) is 25.4 Å². The first-order chi connectivity index (χ1) is 19.6. The van der Waals surface area contributed by atoms with E-state index < -0.39 is 53.6 Å². The highest BCUT2D eigenvalue weighted by Gasteiger charge is 2.42. The molecule has 1 aliphatic rings. The maximum absolute atomic E-state index is 13.4. The molecule has 1 saturated carbocycles. The number of alkyl halides is 5. The summed E-state index contributed by atoms with van der Waals surface area (Å²) in [6, 6.07) is -1.07. The molecule has 0 radical (unpaired) electrons. The first-order valence-electron chi connectivity index (χ1n) is 13.0. The molecular weight excluding hydrogens is 613 g/mol. The third-order valence-electron chi connectivity index (χ3n) is 6.85. The zero-order chi connectivity index (χ0) is 31.8. The fraction of sp³-hybridized carbons (Fsp3) is 0.640. The Balaban J connectivity index is 0.00000197. The van der Waals surface area contributed by atoms with Gasteiger partial charge in [-0.3, -0.25) is 9.48 Å². The fourth-order valence-electron chi connectivity index (χ4n) is 4.55. The van der Waals surface area contributed by atoms with E-state index in [4.69, 9.17) is 20.0 Å². The molecule has 0 saturated heterocycles. The van der Waals surface area contributed by atoms with Crippen molar-refractivity contribution in [2.75, 3.05) is 11.9 Å². The molecule has 0 bridgehead atoms. The predicted molar refractivity (Wildman–Crippen MR) is 145 cm³/mol. The summed E-state index contributed by atoms with van der Waals surface area (Å²) in [4.78, 5) is 16.9. The van der Waals surface area contributed by atoms with Gasteiger partial charge < -0.3 is 20.5 Å². The molecule has 0 aliphatic heterocycles. The molecule has 17 heteroatoms. The molecule has 0 unspecified atom stereocenters. The molecule has 1 fully saturated rings. The average molecular weight is 646 g/mol. The zero-order valence-corrected chi connectivity index (χ0v) is 24.9. The van der Waals surface area contributed by atoms with Crippen LogP contribution in [0.25, 0.3) is 11.3 Å². The molecule has 2 aromatic heterocycles. The summed E-state index contributed by atoms with van der Waals surface area (Å²) >= 11 is 5.76. The normalized spacial score (nSPS) is 19.6. The maximum Gasteiger partial charge on any atom is 0.408 e. The van der Waals surface area contributed by atoms with Crippen molar-refractivity contribution in [3.8, 4) is 17.0 Å². The molecule has 2 aromatic rings. The van der Waals surface area contributed by atoms with Crippen molar-refractivity contribution < 1.29 is 45.0 Å². The van der Waals surface area contributed by atoms with Crippen LogP contribution in [-0.2, 0) is 18.1 Å². The molecule has 10 nitrogen and oxygen atoms in total. The van der Waals surface area contributed by atoms with Crippen molar-refractivity contribution in [3.63, 3.8) is 0 Å². The Morgan fingerprint density at radius 1 is 1.29 bits per heavy atom. The number of anilines is 1. The second kappa shape index (κ2) is 15.0. The Morgan fingerprint density at radius 3 is 2.38 bits per heavy atom. The van der Waals surface area contributed by atoms with Crippen LogP contribution in [0.15, 0.2) is 12.3 Å². The van der Waals surface area contributed by atoms with E-state index in [0.29, 0.717) is 18.8 Å². The summed E-state index contributed by atoms with van der Waals surface area (Å²) in [6.07, 6.45) is -0.864. The van der Waals surface area contributed by atoms with Crippen molar-refractivity contribution in [1.29, 1.82) is 0 Å². The van der Waals surface area contributed by atoms with Gasteiger partial charge in [-0.25, -0.2) is 4.98 Å². The number of carbonyl (C=O) groups is 1. The number of aliphatic hydroxyl groups is 1. The number of rotatable bonds is 10. The van der Waals surface area contributed by atoms with Gasteiger partial charge in [0.25, 0.3) is 5.91 Å². The predicted octanol–water partition coefficient (Wildman–Crippen LogP) is 5.22. The highest BCUT2D eigenvalue weighted by Crippen LogP contribution is 2.39. The number of aryl methyl sites for hydroxylation is 1. The lowest BCUT2D eigenvalue weighted by Gasteiger charge is -2.34. The first kappa shape index (κ1) is 35.3. The summed E-state index contributed by atoms with van der Waals surface area (Å²) in [7, 11) is 0. The molecular formula is C25H33ClF5N5O5S. The number of aromatic nitrogens is 3. The van der Waals surface area contributed by atoms with Crippen molar-refractivity contribution in [3.05, 3.63) is 23.0 Å². The van der Waals surface area contributed by atoms with Gasteiger partial charge in [0.05, 0.1) is 21.9 Å². The van der Waals surface area contributed by atoms with E-state index in [1.165, 1.54) is 18.5 Å². The Morgan fingerprint density at radius 2 is 1.88 bits per heavy atom. The van der Waals surface area contributed by atoms with Crippen LogP contribution in [0.3, 0.4) is 0 Å². The maximum atomic E-state index is 13.4. The van der Waals surface area contributed by atoms with Crippen molar-refractivity contribution in [2.45, 2.75) is 84.4 Å². The summed E-state index contributed by atoms with van der Waals surface area (Å²) in [5.74, 6) is -1.90. The van der Waals surface area contributed by atoms with Crippen LogP contribution >= 0.6 is 11.6 Å². The molecule has 1 amide bonds. The Hall–Kier alpha value is -2.85. The van der Waals surface area contributed by atoms with Crippen molar-refractivity contribution in [1.82, 2.24) is 20.1 Å². The minimum atomic E-state index is -4.62. The van der Waals surface area contributed by atoms with E-state index in [0.717, 1.165) is 25.1 Å². The van der Waals surface area contributed by atoms with Gasteiger partial charge in [0.2, 0.25) is 0 Å². The Labute approximate surface area is 248 Å². The molecule has 2 heterocycles. The van der Waals surface area contributed by atoms with Crippen LogP contribution < -0.4 is 15.4 Å². The minimum Gasteiger partial charge on any atom is -0.434 e. The molecule has 0 aromatic carbocycles. The van der Waals surface area contributed by atoms with Crippen molar-refractivity contribution in [2.24, 2.45) is 11.8 Å². The van der Waals surface area contributed by atoms with E-state index in [1.807, 2.05) is 0 Å². The highest BCUT2D eigenvalue weighted by atomic mass is 35.5. The van der Waals surface area contributed by atoms with Crippen LogP contribution in [0.5, 0.6) is 5.75 Å². The van der Waals surface area contributed by atoms with E-state index >= 15 is 0 Å². The number of ether oxygens (including phenoxy) is 1. The molecule has 0 spiro atoms. The first-order valence-corrected chi connectivity index (χ1v) is 14.1. The summed E-state index contributed by atoms with van der Waals surface area (Å²) in [6.45, 7) is 3.34. The molecule has 1 atom stereocenters. The van der Waals surface area contributed by atoms with Gasteiger partial charge in [0.1, 0.15) is 17.6 Å². The standard InChI is InChI=1S/C25H33ClF5N5O3.O2S/c1-5-36-20(18(26)19(35-36)22(37)33-12-24(38)8-6-14(4)7-9-24)15-11-32-17(10-16(15)39-23(27)28)34-21(13(2)3)25(29,30)31;1-3-2/h10-11,13-14,21,23,38H,5-9,12H2,1-4H3,(H,32,34)(H,33,37);/t14?,21-,24?;/m1./s1. The molecule has 3 N–H and O–H groups in total. The van der Waals surface area contributed by atoms with E-state index in [9.17, 15) is 31.9 Å². The second-order valence-electron chi connectivity index (χ2n) is 10.3. The molecule has 1 aliphatic carbocycles. The number of halogens is 6. The van der Waals surface area contributed by atoms with E-state index in [2.05, 4.69) is 32.4 Å². The third kappa shape index (κ3) is 9.33. The number of carbonyl (C=O) groups excluding carboxylic acids is 1. The Kier molecular flexibility index (Phi) is 12.7. The second-order valence-corrected chi connectivity index (χ2v) is 10.9. The fourth-order valence-corrected chi connectivity index (χ4v) is 4.87. The lowest BCUT2D eigenvalue weighted by atomic mass is 9.79. The number of pyridine rings is 1. The van der Waals surface area contributed by atoms with Gasteiger partial charge in [-0.2, -0.15) is 35.5 Å². The number of nitrogens with zero attached hydrogens (tertiary/aromatic N) is 3. The van der Waals surface area contributed by atoms with Gasteiger partial charge in [-0.15, -0.1) is 0 Å². The Bertz CT molecular complexity index is 1250. The SMILES string of the molecule is CCn1nc(C(=O)NCC2(O)CCC(C)CC2)c(Cl)c1-c1cnc(N[C@H](C(C)C)C(F)(F)F)cc1OC(F)F.O=S=O. The largest absolute Gasteiger partial charge is 0.434 e.